The van der Waals surface area contributed by atoms with Crippen LogP contribution in [0.3, 0.4) is 0 Å². The number of hydrogen-bond donors (Lipinski definition) is 1. The van der Waals surface area contributed by atoms with Crippen molar-refractivity contribution in [2.24, 2.45) is 5.92 Å². The van der Waals surface area contributed by atoms with Gasteiger partial charge in [0.15, 0.2) is 0 Å². The van der Waals surface area contributed by atoms with Gasteiger partial charge < -0.3 is 5.32 Å². The minimum Gasteiger partial charge on any atom is -0.356 e. The summed E-state index contributed by atoms with van der Waals surface area (Å²) in [4.78, 5) is 21.8. The van der Waals surface area contributed by atoms with Gasteiger partial charge in [0.2, 0.25) is 5.91 Å². The van der Waals surface area contributed by atoms with Crippen molar-refractivity contribution in [2.75, 3.05) is 6.54 Å². The lowest BCUT2D eigenvalue weighted by Gasteiger charge is -2.33. The Morgan fingerprint density at radius 3 is 2.78 bits per heavy atom. The first kappa shape index (κ1) is 12.7. The van der Waals surface area contributed by atoms with Gasteiger partial charge in [-0.3, -0.25) is 9.59 Å². The quantitative estimate of drug-likeness (QED) is 0.825. The van der Waals surface area contributed by atoms with Crippen LogP contribution in [0.15, 0.2) is 6.20 Å². The standard InChI is InChI=1S/C12H18N4O2/c1-8(17)10-5-12(6-10)16-7-11(14-15-16)3-4-13-9(2)18/h7,10,12H,3-6H2,1-2H3,(H,13,18). The smallest absolute Gasteiger partial charge is 0.216 e. The van der Waals surface area contributed by atoms with Crippen molar-refractivity contribution in [3.63, 3.8) is 0 Å². The van der Waals surface area contributed by atoms with E-state index in [2.05, 4.69) is 15.6 Å². The van der Waals surface area contributed by atoms with Gasteiger partial charge in [0.25, 0.3) is 0 Å². The highest BCUT2D eigenvalue weighted by Crippen LogP contribution is 2.37. The summed E-state index contributed by atoms with van der Waals surface area (Å²) in [6.07, 6.45) is 4.32. The molecule has 0 aromatic carbocycles. The van der Waals surface area contributed by atoms with E-state index in [-0.39, 0.29) is 17.6 Å². The van der Waals surface area contributed by atoms with Gasteiger partial charge in [0, 0.05) is 32.0 Å². The molecule has 0 spiro atoms. The number of carbonyl (C=O) groups excluding carboxylic acids is 2. The van der Waals surface area contributed by atoms with Crippen LogP contribution in [-0.4, -0.2) is 33.2 Å². The lowest BCUT2D eigenvalue weighted by molar-refractivity contribution is -0.124. The average molecular weight is 250 g/mol. The number of amides is 1. The van der Waals surface area contributed by atoms with Gasteiger partial charge in [-0.05, 0) is 19.8 Å². The molecule has 0 bridgehead atoms. The third-order valence-corrected chi connectivity index (χ3v) is 3.38. The minimum atomic E-state index is -0.0364. The molecule has 6 heteroatoms. The van der Waals surface area contributed by atoms with E-state index in [4.69, 9.17) is 0 Å². The molecule has 98 valence electrons. The van der Waals surface area contributed by atoms with E-state index in [9.17, 15) is 9.59 Å². The zero-order valence-corrected chi connectivity index (χ0v) is 10.7. The van der Waals surface area contributed by atoms with Crippen molar-refractivity contribution in [3.8, 4) is 0 Å². The summed E-state index contributed by atoms with van der Waals surface area (Å²) in [5.41, 5.74) is 0.870. The molecule has 2 rings (SSSR count). The van der Waals surface area contributed by atoms with Gasteiger partial charge in [-0.2, -0.15) is 0 Å². The predicted molar refractivity (Wildman–Crippen MR) is 64.9 cm³/mol. The van der Waals surface area contributed by atoms with Gasteiger partial charge in [-0.1, -0.05) is 5.21 Å². The number of aromatic nitrogens is 3. The minimum absolute atomic E-state index is 0.0364. The molecule has 1 amide bonds. The maximum Gasteiger partial charge on any atom is 0.216 e. The first-order chi connectivity index (χ1) is 8.56. The summed E-state index contributed by atoms with van der Waals surface area (Å²) in [6.45, 7) is 3.71. The summed E-state index contributed by atoms with van der Waals surface area (Å²) >= 11 is 0. The molecule has 1 fully saturated rings. The van der Waals surface area contributed by atoms with Gasteiger partial charge in [-0.15, -0.1) is 5.10 Å². The summed E-state index contributed by atoms with van der Waals surface area (Å²) in [5, 5.41) is 10.9. The average Bonchev–Trinajstić information content (AvgIpc) is 2.63. The van der Waals surface area contributed by atoms with Crippen molar-refractivity contribution in [3.05, 3.63) is 11.9 Å². The van der Waals surface area contributed by atoms with Gasteiger partial charge >= 0.3 is 0 Å². The molecule has 1 N–H and O–H groups in total. The SMILES string of the molecule is CC(=O)NCCc1cn(C2CC(C(C)=O)C2)nn1. The Morgan fingerprint density at radius 2 is 2.17 bits per heavy atom. The van der Waals surface area contributed by atoms with E-state index >= 15 is 0 Å². The fraction of sp³-hybridized carbons (Fsp3) is 0.667. The molecular formula is C12H18N4O2. The number of nitrogens with one attached hydrogen (secondary N) is 1. The molecule has 0 radical (unpaired) electrons. The number of ketones is 1. The molecule has 0 aliphatic heterocycles. The molecule has 18 heavy (non-hydrogen) atoms. The second-order valence-electron chi connectivity index (χ2n) is 4.86. The molecule has 1 saturated carbocycles. The summed E-state index contributed by atoms with van der Waals surface area (Å²) in [7, 11) is 0. The second kappa shape index (κ2) is 5.29. The number of nitrogens with zero attached hydrogens (tertiary/aromatic N) is 3. The van der Waals surface area contributed by atoms with Crippen LogP contribution in [0.2, 0.25) is 0 Å². The fourth-order valence-corrected chi connectivity index (χ4v) is 2.11. The Hall–Kier alpha value is -1.72. The number of carbonyl (C=O) groups is 2. The van der Waals surface area contributed by atoms with E-state index in [1.165, 1.54) is 6.92 Å². The largest absolute Gasteiger partial charge is 0.356 e. The third-order valence-electron chi connectivity index (χ3n) is 3.38. The molecule has 0 saturated heterocycles. The van der Waals surface area contributed by atoms with E-state index in [1.807, 2.05) is 10.9 Å². The van der Waals surface area contributed by atoms with Crippen LogP contribution in [0.25, 0.3) is 0 Å². The Bertz CT molecular complexity index is 449. The monoisotopic (exact) mass is 250 g/mol. The van der Waals surface area contributed by atoms with Crippen molar-refractivity contribution in [1.29, 1.82) is 0 Å². The molecule has 1 aromatic heterocycles. The number of rotatable bonds is 5. The molecule has 1 heterocycles. The Morgan fingerprint density at radius 1 is 1.44 bits per heavy atom. The lowest BCUT2D eigenvalue weighted by atomic mass is 9.78. The highest BCUT2D eigenvalue weighted by atomic mass is 16.1. The molecule has 1 aliphatic rings. The Kier molecular flexibility index (Phi) is 3.74. The fourth-order valence-electron chi connectivity index (χ4n) is 2.11. The third kappa shape index (κ3) is 2.94. The van der Waals surface area contributed by atoms with Crippen molar-refractivity contribution in [2.45, 2.75) is 39.2 Å². The van der Waals surface area contributed by atoms with Gasteiger partial charge in [0.05, 0.1) is 11.7 Å². The van der Waals surface area contributed by atoms with Crippen LogP contribution >= 0.6 is 0 Å². The normalized spacial score (nSPS) is 22.3. The molecule has 1 aliphatic carbocycles. The van der Waals surface area contributed by atoms with Crippen LogP contribution in [0.1, 0.15) is 38.4 Å². The highest BCUT2D eigenvalue weighted by molar-refractivity contribution is 5.79. The molecule has 0 atom stereocenters. The van der Waals surface area contributed by atoms with Crippen molar-refractivity contribution < 1.29 is 9.59 Å². The number of hydrogen-bond acceptors (Lipinski definition) is 4. The van der Waals surface area contributed by atoms with Crippen LogP contribution in [-0.2, 0) is 16.0 Å². The van der Waals surface area contributed by atoms with Gasteiger partial charge in [0.1, 0.15) is 5.78 Å². The van der Waals surface area contributed by atoms with E-state index in [1.54, 1.807) is 6.92 Å². The zero-order valence-electron chi connectivity index (χ0n) is 10.7. The lowest BCUT2D eigenvalue weighted by Crippen LogP contribution is -2.31. The predicted octanol–water partition coefficient (Wildman–Crippen LogP) is 0.497. The maximum absolute atomic E-state index is 11.1. The van der Waals surface area contributed by atoms with Crippen LogP contribution in [0, 0.1) is 5.92 Å². The summed E-state index contributed by atoms with van der Waals surface area (Å²) in [5.74, 6) is 0.421. The maximum atomic E-state index is 11.1. The molecule has 6 nitrogen and oxygen atoms in total. The Balaban J connectivity index is 1.80. The summed E-state index contributed by atoms with van der Waals surface area (Å²) in [6, 6.07) is 0.306. The first-order valence-electron chi connectivity index (χ1n) is 6.22. The van der Waals surface area contributed by atoms with Crippen molar-refractivity contribution in [1.82, 2.24) is 20.3 Å². The molecular weight excluding hydrogens is 232 g/mol. The molecule has 0 unspecified atom stereocenters. The molecule has 1 aromatic rings. The van der Waals surface area contributed by atoms with E-state index < -0.39 is 0 Å². The van der Waals surface area contributed by atoms with E-state index in [0.717, 1.165) is 18.5 Å². The number of Topliss-reactive ketones (excluding diaryl/α,β-unsaturated/α-hetero) is 1. The van der Waals surface area contributed by atoms with Crippen molar-refractivity contribution >= 4 is 11.7 Å². The Labute approximate surface area is 106 Å². The van der Waals surface area contributed by atoms with E-state index in [0.29, 0.717) is 19.0 Å². The highest BCUT2D eigenvalue weighted by Gasteiger charge is 2.34. The topological polar surface area (TPSA) is 76.9 Å². The van der Waals surface area contributed by atoms with Crippen LogP contribution in [0.4, 0.5) is 0 Å². The first-order valence-corrected chi connectivity index (χ1v) is 6.22. The zero-order chi connectivity index (χ0) is 13.1. The van der Waals surface area contributed by atoms with Crippen LogP contribution < -0.4 is 5.32 Å². The summed E-state index contributed by atoms with van der Waals surface area (Å²) < 4.78 is 1.84. The van der Waals surface area contributed by atoms with Gasteiger partial charge in [-0.25, -0.2) is 4.68 Å². The van der Waals surface area contributed by atoms with Crippen LogP contribution in [0.5, 0.6) is 0 Å². The second-order valence-corrected chi connectivity index (χ2v) is 4.86.